The van der Waals surface area contributed by atoms with Crippen LogP contribution in [0.5, 0.6) is 5.75 Å². The molecule has 1 atom stereocenters. The maximum absolute atomic E-state index is 12.1. The van der Waals surface area contributed by atoms with Crippen molar-refractivity contribution in [2.45, 2.75) is 38.6 Å². The monoisotopic (exact) mass is 312 g/mol. The van der Waals surface area contributed by atoms with Crippen LogP contribution < -0.4 is 14.8 Å². The number of piperidine rings is 1. The average Bonchev–Trinajstić information content (AvgIpc) is 2.48. The van der Waals surface area contributed by atoms with Crippen molar-refractivity contribution in [2.24, 2.45) is 0 Å². The number of hydrogen-bond acceptors (Lipinski definition) is 4. The third-order valence-corrected chi connectivity index (χ3v) is 4.91. The Hall–Kier alpha value is -1.27. The molecule has 0 spiro atoms. The smallest absolute Gasteiger partial charge is 0.232 e. The van der Waals surface area contributed by atoms with Gasteiger partial charge in [-0.15, -0.1) is 0 Å². The van der Waals surface area contributed by atoms with E-state index in [1.54, 1.807) is 24.3 Å². The quantitative estimate of drug-likeness (QED) is 0.811. The summed E-state index contributed by atoms with van der Waals surface area (Å²) in [6, 6.07) is 7.31. The SMILES string of the molecule is CCOc1ccc(NS(=O)(=O)CCC2CCCCN2)cc1. The zero-order valence-corrected chi connectivity index (χ0v) is 13.3. The molecule has 2 N–H and O–H groups in total. The van der Waals surface area contributed by atoms with Crippen LogP contribution >= 0.6 is 0 Å². The third kappa shape index (κ3) is 5.55. The molecule has 1 saturated heterocycles. The Morgan fingerprint density at radius 2 is 2.05 bits per heavy atom. The van der Waals surface area contributed by atoms with Gasteiger partial charge in [0.15, 0.2) is 0 Å². The van der Waals surface area contributed by atoms with Gasteiger partial charge in [-0.1, -0.05) is 6.42 Å². The first-order valence-electron chi connectivity index (χ1n) is 7.56. The van der Waals surface area contributed by atoms with Crippen molar-refractivity contribution < 1.29 is 13.2 Å². The zero-order valence-electron chi connectivity index (χ0n) is 12.5. The van der Waals surface area contributed by atoms with Crippen molar-refractivity contribution in [3.05, 3.63) is 24.3 Å². The predicted octanol–water partition coefficient (Wildman–Crippen LogP) is 2.36. The number of ether oxygens (including phenoxy) is 1. The van der Waals surface area contributed by atoms with Gasteiger partial charge in [0.25, 0.3) is 0 Å². The van der Waals surface area contributed by atoms with E-state index < -0.39 is 10.0 Å². The molecule has 118 valence electrons. The van der Waals surface area contributed by atoms with Crippen LogP contribution in [0.3, 0.4) is 0 Å². The van der Waals surface area contributed by atoms with Gasteiger partial charge in [0.1, 0.15) is 5.75 Å². The zero-order chi connectivity index (χ0) is 15.1. The molecule has 0 amide bonds. The average molecular weight is 312 g/mol. The van der Waals surface area contributed by atoms with Crippen LogP contribution in [0.15, 0.2) is 24.3 Å². The standard InChI is InChI=1S/C15H24N2O3S/c1-2-20-15-8-6-14(7-9-15)17-21(18,19)12-10-13-5-3-4-11-16-13/h6-9,13,16-17H,2-5,10-12H2,1H3. The van der Waals surface area contributed by atoms with E-state index in [-0.39, 0.29) is 5.75 Å². The maximum Gasteiger partial charge on any atom is 0.232 e. The summed E-state index contributed by atoms with van der Waals surface area (Å²) in [5.74, 6) is 0.893. The van der Waals surface area contributed by atoms with E-state index in [4.69, 9.17) is 4.74 Å². The van der Waals surface area contributed by atoms with Gasteiger partial charge in [-0.25, -0.2) is 8.42 Å². The summed E-state index contributed by atoms with van der Waals surface area (Å²) in [5.41, 5.74) is 0.579. The number of benzene rings is 1. The fourth-order valence-corrected chi connectivity index (χ4v) is 3.68. The minimum atomic E-state index is -3.29. The molecular formula is C15H24N2O3S. The summed E-state index contributed by atoms with van der Waals surface area (Å²) in [6.07, 6.45) is 4.10. The van der Waals surface area contributed by atoms with Crippen LogP contribution in [0.1, 0.15) is 32.6 Å². The van der Waals surface area contributed by atoms with E-state index in [0.29, 0.717) is 24.8 Å². The Labute approximate surface area is 127 Å². The second-order valence-electron chi connectivity index (χ2n) is 5.31. The molecule has 0 aliphatic carbocycles. The van der Waals surface area contributed by atoms with E-state index in [2.05, 4.69) is 10.0 Å². The number of nitrogens with one attached hydrogen (secondary N) is 2. The van der Waals surface area contributed by atoms with E-state index in [0.717, 1.165) is 18.7 Å². The van der Waals surface area contributed by atoms with E-state index in [9.17, 15) is 8.42 Å². The predicted molar refractivity (Wildman–Crippen MR) is 85.3 cm³/mol. The lowest BCUT2D eigenvalue weighted by atomic mass is 10.0. The van der Waals surface area contributed by atoms with Gasteiger partial charge in [0.2, 0.25) is 10.0 Å². The number of rotatable bonds is 7. The van der Waals surface area contributed by atoms with E-state index in [1.807, 2.05) is 6.92 Å². The van der Waals surface area contributed by atoms with E-state index in [1.165, 1.54) is 12.8 Å². The first-order valence-corrected chi connectivity index (χ1v) is 9.21. The summed E-state index contributed by atoms with van der Waals surface area (Å²) in [4.78, 5) is 0. The molecule has 5 nitrogen and oxygen atoms in total. The largest absolute Gasteiger partial charge is 0.494 e. The highest BCUT2D eigenvalue weighted by Crippen LogP contribution is 2.17. The lowest BCUT2D eigenvalue weighted by molar-refractivity contribution is 0.340. The molecule has 0 bridgehead atoms. The molecule has 1 unspecified atom stereocenters. The van der Waals surface area contributed by atoms with Crippen LogP contribution in [-0.2, 0) is 10.0 Å². The minimum absolute atomic E-state index is 0.151. The summed E-state index contributed by atoms with van der Waals surface area (Å²) in [7, 11) is -3.29. The first-order chi connectivity index (χ1) is 10.1. The number of anilines is 1. The van der Waals surface area contributed by atoms with Crippen molar-refractivity contribution in [2.75, 3.05) is 23.6 Å². The highest BCUT2D eigenvalue weighted by molar-refractivity contribution is 7.92. The van der Waals surface area contributed by atoms with Crippen molar-refractivity contribution in [3.8, 4) is 5.75 Å². The normalized spacial score (nSPS) is 19.2. The molecule has 1 fully saturated rings. The van der Waals surface area contributed by atoms with Crippen LogP contribution in [-0.4, -0.2) is 33.4 Å². The van der Waals surface area contributed by atoms with Crippen LogP contribution in [0, 0.1) is 0 Å². The van der Waals surface area contributed by atoms with Crippen molar-refractivity contribution in [3.63, 3.8) is 0 Å². The summed E-state index contributed by atoms with van der Waals surface area (Å²) >= 11 is 0. The fraction of sp³-hybridized carbons (Fsp3) is 0.600. The summed E-state index contributed by atoms with van der Waals surface area (Å²) in [6.45, 7) is 3.51. The molecule has 0 radical (unpaired) electrons. The molecule has 1 aromatic carbocycles. The Bertz CT molecular complexity index is 522. The highest BCUT2D eigenvalue weighted by Gasteiger charge is 2.17. The molecule has 1 aliphatic rings. The van der Waals surface area contributed by atoms with Gasteiger partial charge in [-0.05, 0) is 57.0 Å². The molecule has 6 heteroatoms. The van der Waals surface area contributed by atoms with Gasteiger partial charge < -0.3 is 10.1 Å². The Kier molecular flexibility index (Phi) is 5.87. The highest BCUT2D eigenvalue weighted by atomic mass is 32.2. The summed E-state index contributed by atoms with van der Waals surface area (Å²) in [5, 5.41) is 3.37. The molecular weight excluding hydrogens is 288 g/mol. The van der Waals surface area contributed by atoms with Gasteiger partial charge in [-0.2, -0.15) is 0 Å². The molecule has 1 aromatic rings. The number of hydrogen-bond donors (Lipinski definition) is 2. The Balaban J connectivity index is 1.84. The Morgan fingerprint density at radius 1 is 1.29 bits per heavy atom. The molecule has 1 heterocycles. The third-order valence-electron chi connectivity index (χ3n) is 3.59. The minimum Gasteiger partial charge on any atom is -0.494 e. The topological polar surface area (TPSA) is 67.4 Å². The van der Waals surface area contributed by atoms with Crippen molar-refractivity contribution in [1.29, 1.82) is 0 Å². The fourth-order valence-electron chi connectivity index (χ4n) is 2.48. The second kappa shape index (κ2) is 7.66. The molecule has 21 heavy (non-hydrogen) atoms. The van der Waals surface area contributed by atoms with Gasteiger partial charge >= 0.3 is 0 Å². The van der Waals surface area contributed by atoms with Crippen molar-refractivity contribution >= 4 is 15.7 Å². The lowest BCUT2D eigenvalue weighted by Crippen LogP contribution is -2.36. The first kappa shape index (κ1) is 16.1. The number of sulfonamides is 1. The Morgan fingerprint density at radius 3 is 2.67 bits per heavy atom. The lowest BCUT2D eigenvalue weighted by Gasteiger charge is -2.23. The van der Waals surface area contributed by atoms with E-state index >= 15 is 0 Å². The summed E-state index contributed by atoms with van der Waals surface area (Å²) < 4.78 is 32.1. The van der Waals surface area contributed by atoms with Gasteiger partial charge in [0, 0.05) is 11.7 Å². The molecule has 0 saturated carbocycles. The van der Waals surface area contributed by atoms with Gasteiger partial charge in [-0.3, -0.25) is 4.72 Å². The second-order valence-corrected chi connectivity index (χ2v) is 7.16. The van der Waals surface area contributed by atoms with Gasteiger partial charge in [0.05, 0.1) is 12.4 Å². The maximum atomic E-state index is 12.1. The van der Waals surface area contributed by atoms with Crippen LogP contribution in [0.2, 0.25) is 0 Å². The molecule has 2 rings (SSSR count). The molecule has 1 aliphatic heterocycles. The van der Waals surface area contributed by atoms with Crippen LogP contribution in [0.4, 0.5) is 5.69 Å². The van der Waals surface area contributed by atoms with Crippen molar-refractivity contribution in [1.82, 2.24) is 5.32 Å². The molecule has 0 aromatic heterocycles. The van der Waals surface area contributed by atoms with Crippen LogP contribution in [0.25, 0.3) is 0 Å².